The Bertz CT molecular complexity index is 768. The topological polar surface area (TPSA) is 130 Å². The highest BCUT2D eigenvalue weighted by molar-refractivity contribution is 6.07. The van der Waals surface area contributed by atoms with E-state index in [4.69, 9.17) is 9.47 Å². The number of nitro groups is 1. The van der Waals surface area contributed by atoms with Crippen LogP contribution in [-0.4, -0.2) is 62.2 Å². The predicted octanol–water partition coefficient (Wildman–Crippen LogP) is 1.26. The Morgan fingerprint density at radius 3 is 2.86 bits per heavy atom. The van der Waals surface area contributed by atoms with Crippen LogP contribution in [0.5, 0.6) is 5.75 Å². The second kappa shape index (κ2) is 10.9. The molecule has 1 aliphatic heterocycles. The summed E-state index contributed by atoms with van der Waals surface area (Å²) in [6.45, 7) is 4.86. The number of hydrogen-bond acceptors (Lipinski definition) is 8. The summed E-state index contributed by atoms with van der Waals surface area (Å²) in [6.07, 6.45) is 2.24. The van der Waals surface area contributed by atoms with Crippen molar-refractivity contribution in [3.63, 3.8) is 0 Å². The molecular formula is C18H23N5O5. The lowest BCUT2D eigenvalue weighted by Crippen LogP contribution is -2.37. The van der Waals surface area contributed by atoms with E-state index in [2.05, 4.69) is 15.5 Å². The van der Waals surface area contributed by atoms with Gasteiger partial charge in [0.25, 0.3) is 11.6 Å². The Hall–Kier alpha value is -3.16. The van der Waals surface area contributed by atoms with Gasteiger partial charge in [-0.2, -0.15) is 5.26 Å². The molecule has 1 aliphatic rings. The lowest BCUT2D eigenvalue weighted by atomic mass is 10.2. The summed E-state index contributed by atoms with van der Waals surface area (Å²) in [5, 5.41) is 25.5. The van der Waals surface area contributed by atoms with Crippen molar-refractivity contribution in [1.29, 1.82) is 5.26 Å². The first-order valence-electron chi connectivity index (χ1n) is 8.82. The third-order valence-corrected chi connectivity index (χ3v) is 4.15. The molecule has 0 aliphatic carbocycles. The molecule has 0 radical (unpaired) electrons. The predicted molar refractivity (Wildman–Crippen MR) is 102 cm³/mol. The van der Waals surface area contributed by atoms with Gasteiger partial charge in [0, 0.05) is 31.9 Å². The van der Waals surface area contributed by atoms with E-state index in [1.165, 1.54) is 31.5 Å². The molecule has 0 unspecified atom stereocenters. The maximum Gasteiger partial charge on any atom is 0.273 e. The number of anilines is 1. The molecule has 1 amide bonds. The molecule has 0 bridgehead atoms. The van der Waals surface area contributed by atoms with E-state index in [1.807, 2.05) is 6.07 Å². The molecule has 2 rings (SSSR count). The number of non-ortho nitro benzene ring substituents is 1. The maximum absolute atomic E-state index is 12.3. The number of nitrogens with one attached hydrogen (secondary N) is 2. The van der Waals surface area contributed by atoms with Crippen LogP contribution in [-0.2, 0) is 9.53 Å². The van der Waals surface area contributed by atoms with Crippen LogP contribution in [0.25, 0.3) is 0 Å². The number of morpholine rings is 1. The van der Waals surface area contributed by atoms with Gasteiger partial charge in [0.1, 0.15) is 17.4 Å². The van der Waals surface area contributed by atoms with E-state index < -0.39 is 10.8 Å². The number of nitriles is 1. The van der Waals surface area contributed by atoms with Gasteiger partial charge in [-0.25, -0.2) is 0 Å². The third-order valence-electron chi connectivity index (χ3n) is 4.15. The number of methoxy groups -OCH3 is 1. The van der Waals surface area contributed by atoms with Crippen LogP contribution in [0.4, 0.5) is 11.4 Å². The fraction of sp³-hybridized carbons (Fsp3) is 0.444. The molecule has 1 aromatic carbocycles. The molecule has 1 fully saturated rings. The summed E-state index contributed by atoms with van der Waals surface area (Å²) in [7, 11) is 1.34. The number of ether oxygens (including phenoxy) is 2. The number of amides is 1. The first-order valence-corrected chi connectivity index (χ1v) is 8.82. The number of carbonyl (C=O) groups excluding carboxylic acids is 1. The molecule has 150 valence electrons. The normalized spacial score (nSPS) is 14.8. The second-order valence-electron chi connectivity index (χ2n) is 6.03. The van der Waals surface area contributed by atoms with Gasteiger partial charge in [0.15, 0.2) is 0 Å². The van der Waals surface area contributed by atoms with E-state index in [0.717, 1.165) is 39.3 Å². The van der Waals surface area contributed by atoms with Crippen molar-refractivity contribution in [1.82, 2.24) is 10.2 Å². The van der Waals surface area contributed by atoms with E-state index in [9.17, 15) is 20.2 Å². The highest BCUT2D eigenvalue weighted by Gasteiger charge is 2.16. The van der Waals surface area contributed by atoms with Crippen molar-refractivity contribution in [2.45, 2.75) is 6.42 Å². The maximum atomic E-state index is 12.3. The first-order chi connectivity index (χ1) is 13.5. The zero-order valence-corrected chi connectivity index (χ0v) is 15.6. The minimum Gasteiger partial charge on any atom is -0.494 e. The third kappa shape index (κ3) is 6.22. The minimum atomic E-state index is -0.629. The highest BCUT2D eigenvalue weighted by Crippen LogP contribution is 2.29. The Kier molecular flexibility index (Phi) is 8.20. The van der Waals surface area contributed by atoms with Crippen LogP contribution in [0.15, 0.2) is 30.0 Å². The molecule has 1 saturated heterocycles. The Morgan fingerprint density at radius 2 is 2.21 bits per heavy atom. The Morgan fingerprint density at radius 1 is 1.46 bits per heavy atom. The Balaban J connectivity index is 1.87. The molecule has 0 atom stereocenters. The van der Waals surface area contributed by atoms with E-state index in [0.29, 0.717) is 6.54 Å². The molecule has 0 saturated carbocycles. The SMILES string of the molecule is COc1cc([N+](=O)[O-])ccc1NC(=O)/C(C#N)=C\NCCCN1CCOCC1. The van der Waals surface area contributed by atoms with Crippen LogP contribution in [0.3, 0.4) is 0 Å². The van der Waals surface area contributed by atoms with Crippen molar-refractivity contribution in [2.75, 3.05) is 51.8 Å². The number of benzene rings is 1. The average Bonchev–Trinajstić information content (AvgIpc) is 2.71. The lowest BCUT2D eigenvalue weighted by Gasteiger charge is -2.26. The molecule has 2 N–H and O–H groups in total. The number of hydrogen-bond donors (Lipinski definition) is 2. The summed E-state index contributed by atoms with van der Waals surface area (Å²) in [4.78, 5) is 24.9. The van der Waals surface area contributed by atoms with Crippen LogP contribution in [0, 0.1) is 21.4 Å². The summed E-state index contributed by atoms with van der Waals surface area (Å²) >= 11 is 0. The fourth-order valence-corrected chi connectivity index (χ4v) is 2.64. The van der Waals surface area contributed by atoms with Crippen LogP contribution in [0.2, 0.25) is 0 Å². The molecular weight excluding hydrogens is 366 g/mol. The van der Waals surface area contributed by atoms with Gasteiger partial charge in [-0.05, 0) is 19.0 Å². The molecule has 28 heavy (non-hydrogen) atoms. The van der Waals surface area contributed by atoms with Crippen LogP contribution in [0.1, 0.15) is 6.42 Å². The van der Waals surface area contributed by atoms with Crippen LogP contribution < -0.4 is 15.4 Å². The molecule has 10 heteroatoms. The fourth-order valence-electron chi connectivity index (χ4n) is 2.64. The molecule has 0 spiro atoms. The number of rotatable bonds is 9. The molecule has 1 aromatic rings. The molecule has 10 nitrogen and oxygen atoms in total. The number of nitro benzene ring substituents is 1. The summed E-state index contributed by atoms with van der Waals surface area (Å²) in [5.74, 6) is -0.492. The molecule has 0 aromatic heterocycles. The smallest absolute Gasteiger partial charge is 0.273 e. The quantitative estimate of drug-likeness (QED) is 0.212. The minimum absolute atomic E-state index is 0.105. The van der Waals surface area contributed by atoms with E-state index >= 15 is 0 Å². The summed E-state index contributed by atoms with van der Waals surface area (Å²) in [6, 6.07) is 5.65. The van der Waals surface area contributed by atoms with Crippen molar-refractivity contribution in [3.05, 3.63) is 40.1 Å². The summed E-state index contributed by atoms with van der Waals surface area (Å²) < 4.78 is 10.4. The molecule has 1 heterocycles. The zero-order chi connectivity index (χ0) is 20.4. The zero-order valence-electron chi connectivity index (χ0n) is 15.6. The second-order valence-corrected chi connectivity index (χ2v) is 6.03. The van der Waals surface area contributed by atoms with Gasteiger partial charge in [-0.3, -0.25) is 19.8 Å². The summed E-state index contributed by atoms with van der Waals surface area (Å²) in [5.41, 5.74) is -0.0221. The largest absolute Gasteiger partial charge is 0.494 e. The van der Waals surface area contributed by atoms with Crippen molar-refractivity contribution in [2.24, 2.45) is 0 Å². The van der Waals surface area contributed by atoms with Gasteiger partial charge in [0.2, 0.25) is 0 Å². The monoisotopic (exact) mass is 389 g/mol. The Labute approximate surface area is 162 Å². The van der Waals surface area contributed by atoms with Crippen LogP contribution >= 0.6 is 0 Å². The van der Waals surface area contributed by atoms with Crippen molar-refractivity contribution in [3.8, 4) is 11.8 Å². The number of carbonyl (C=O) groups is 1. The van der Waals surface area contributed by atoms with E-state index in [1.54, 1.807) is 0 Å². The lowest BCUT2D eigenvalue weighted by molar-refractivity contribution is -0.384. The first kappa shape index (κ1) is 21.1. The number of nitrogens with zero attached hydrogens (tertiary/aromatic N) is 3. The van der Waals surface area contributed by atoms with Gasteiger partial charge in [0.05, 0.1) is 37.0 Å². The van der Waals surface area contributed by atoms with Gasteiger partial charge < -0.3 is 20.1 Å². The van der Waals surface area contributed by atoms with Gasteiger partial charge >= 0.3 is 0 Å². The average molecular weight is 389 g/mol. The van der Waals surface area contributed by atoms with E-state index in [-0.39, 0.29) is 22.7 Å². The highest BCUT2D eigenvalue weighted by atomic mass is 16.6. The van der Waals surface area contributed by atoms with Gasteiger partial charge in [-0.15, -0.1) is 0 Å². The van der Waals surface area contributed by atoms with Gasteiger partial charge in [-0.1, -0.05) is 0 Å². The standard InChI is InChI=1S/C18H23N5O5/c1-27-17-11-15(23(25)26)3-4-16(17)21-18(24)14(12-19)13-20-5-2-6-22-7-9-28-10-8-22/h3-4,11,13,20H,2,5-10H2,1H3,(H,21,24)/b14-13-. The van der Waals surface area contributed by atoms with Crippen molar-refractivity contribution < 1.29 is 19.2 Å². The van der Waals surface area contributed by atoms with Crippen molar-refractivity contribution >= 4 is 17.3 Å².